The van der Waals surface area contributed by atoms with Gasteiger partial charge in [0.05, 0.1) is 6.67 Å². The normalized spacial score (nSPS) is 13.6. The quantitative estimate of drug-likeness (QED) is 0.0637. The van der Waals surface area contributed by atoms with Crippen LogP contribution in [-0.4, -0.2) is 30.1 Å². The van der Waals surface area contributed by atoms with Crippen LogP contribution in [0.4, 0.5) is 0 Å². The summed E-state index contributed by atoms with van der Waals surface area (Å²) in [5, 5.41) is 0. The van der Waals surface area contributed by atoms with Crippen LogP contribution in [0.2, 0.25) is 0 Å². The summed E-state index contributed by atoms with van der Waals surface area (Å²) in [4.78, 5) is 4.72. The molecule has 1 atom stereocenters. The molecule has 0 radical (unpaired) electrons. The van der Waals surface area contributed by atoms with E-state index in [9.17, 15) is 0 Å². The highest BCUT2D eigenvalue weighted by Crippen LogP contribution is 2.25. The van der Waals surface area contributed by atoms with Crippen LogP contribution < -0.4 is 0 Å². The summed E-state index contributed by atoms with van der Waals surface area (Å²) < 4.78 is 0. The highest BCUT2D eigenvalue weighted by Gasteiger charge is 2.10. The minimum atomic E-state index is 0. The van der Waals surface area contributed by atoms with Gasteiger partial charge in [0.15, 0.2) is 0 Å². The molecular formula is C41H83ClN2. The molecule has 0 bridgehead atoms. The lowest BCUT2D eigenvalue weighted by Crippen LogP contribution is -2.23. The van der Waals surface area contributed by atoms with Crippen LogP contribution in [0, 0.1) is 5.92 Å². The largest absolute Gasteiger partial charge is 0.362 e. The summed E-state index contributed by atoms with van der Waals surface area (Å²) in [5.74, 6) is 1.02. The SMILES string of the molecule is CCCCCCCCCCCCCCCCCCC(CCCCCCCCCC)CCCCCCCCN1C=CN(C)C1.Cl. The number of unbranched alkanes of at least 4 members (excludes halogenated alkanes) is 27. The monoisotopic (exact) mass is 639 g/mol. The van der Waals surface area contributed by atoms with E-state index in [1.807, 2.05) is 0 Å². The first-order valence-corrected chi connectivity index (χ1v) is 20.4. The molecule has 0 saturated carbocycles. The van der Waals surface area contributed by atoms with Gasteiger partial charge in [-0.1, -0.05) is 219 Å². The van der Waals surface area contributed by atoms with Gasteiger partial charge < -0.3 is 9.80 Å². The van der Waals surface area contributed by atoms with Crippen molar-refractivity contribution in [1.29, 1.82) is 0 Å². The summed E-state index contributed by atoms with van der Waals surface area (Å²) in [6.45, 7) is 6.96. The maximum Gasteiger partial charge on any atom is 0.0890 e. The van der Waals surface area contributed by atoms with E-state index < -0.39 is 0 Å². The molecule has 0 aromatic rings. The predicted octanol–water partition coefficient (Wildman–Crippen LogP) is 14.6. The predicted molar refractivity (Wildman–Crippen MR) is 203 cm³/mol. The average molecular weight is 640 g/mol. The van der Waals surface area contributed by atoms with E-state index in [1.54, 1.807) is 0 Å². The van der Waals surface area contributed by atoms with Crippen LogP contribution >= 0.6 is 12.4 Å². The van der Waals surface area contributed by atoms with Crippen LogP contribution in [0.3, 0.4) is 0 Å². The summed E-state index contributed by atoms with van der Waals surface area (Å²) in [7, 11) is 2.17. The Morgan fingerprint density at radius 1 is 0.409 bits per heavy atom. The molecule has 0 spiro atoms. The molecule has 0 fully saturated rings. The van der Waals surface area contributed by atoms with E-state index in [1.165, 1.54) is 218 Å². The molecule has 1 aliphatic heterocycles. The number of rotatable bonds is 35. The van der Waals surface area contributed by atoms with Gasteiger partial charge in [-0.3, -0.25) is 0 Å². The lowest BCUT2D eigenvalue weighted by molar-refractivity contribution is 0.290. The minimum Gasteiger partial charge on any atom is -0.362 e. The van der Waals surface area contributed by atoms with E-state index >= 15 is 0 Å². The van der Waals surface area contributed by atoms with Crippen LogP contribution in [0.5, 0.6) is 0 Å². The third-order valence-corrected chi connectivity index (χ3v) is 10.2. The molecule has 44 heavy (non-hydrogen) atoms. The topological polar surface area (TPSA) is 6.48 Å². The van der Waals surface area contributed by atoms with Crippen LogP contribution in [0.1, 0.15) is 226 Å². The lowest BCUT2D eigenvalue weighted by Gasteiger charge is -2.18. The van der Waals surface area contributed by atoms with E-state index in [0.29, 0.717) is 0 Å². The maximum absolute atomic E-state index is 2.45. The molecule has 0 aliphatic carbocycles. The Labute approximate surface area is 285 Å². The molecule has 264 valence electrons. The Kier molecular flexibility index (Phi) is 35.2. The second kappa shape index (κ2) is 35.5. The number of hydrogen-bond acceptors (Lipinski definition) is 2. The number of hydrogen-bond donors (Lipinski definition) is 0. The third-order valence-electron chi connectivity index (χ3n) is 10.2. The summed E-state index contributed by atoms with van der Waals surface area (Å²) in [6, 6.07) is 0. The van der Waals surface area contributed by atoms with Gasteiger partial charge in [-0.15, -0.1) is 12.4 Å². The molecule has 1 unspecified atom stereocenters. The van der Waals surface area contributed by atoms with Gasteiger partial charge in [0.2, 0.25) is 0 Å². The van der Waals surface area contributed by atoms with Gasteiger partial charge in [-0.05, 0) is 12.3 Å². The minimum absolute atomic E-state index is 0. The molecule has 0 saturated heterocycles. The van der Waals surface area contributed by atoms with Gasteiger partial charge in [0.1, 0.15) is 0 Å². The van der Waals surface area contributed by atoms with Crippen molar-refractivity contribution in [2.24, 2.45) is 5.92 Å². The molecule has 2 nitrogen and oxygen atoms in total. The second-order valence-electron chi connectivity index (χ2n) is 14.6. The van der Waals surface area contributed by atoms with Crippen LogP contribution in [0.15, 0.2) is 12.4 Å². The van der Waals surface area contributed by atoms with Crippen LogP contribution in [-0.2, 0) is 0 Å². The lowest BCUT2D eigenvalue weighted by atomic mass is 9.89. The molecule has 1 heterocycles. The Bertz CT molecular complexity index is 565. The second-order valence-corrected chi connectivity index (χ2v) is 14.6. The highest BCUT2D eigenvalue weighted by molar-refractivity contribution is 5.85. The Hall–Kier alpha value is -0.370. The smallest absolute Gasteiger partial charge is 0.0890 e. The molecule has 0 aromatic carbocycles. The Balaban J connectivity index is 0.0000185. The Morgan fingerprint density at radius 3 is 1.00 bits per heavy atom. The van der Waals surface area contributed by atoms with Crippen molar-refractivity contribution in [3.8, 4) is 0 Å². The molecule has 0 N–H and O–H groups in total. The van der Waals surface area contributed by atoms with Crippen molar-refractivity contribution in [3.63, 3.8) is 0 Å². The summed E-state index contributed by atoms with van der Waals surface area (Å²) in [6.07, 6.45) is 53.0. The van der Waals surface area contributed by atoms with Crippen molar-refractivity contribution in [2.75, 3.05) is 20.3 Å². The van der Waals surface area contributed by atoms with Crippen molar-refractivity contribution in [2.45, 2.75) is 226 Å². The zero-order valence-electron chi connectivity index (χ0n) is 30.8. The van der Waals surface area contributed by atoms with Gasteiger partial charge in [-0.2, -0.15) is 0 Å². The van der Waals surface area contributed by atoms with E-state index in [-0.39, 0.29) is 12.4 Å². The van der Waals surface area contributed by atoms with Crippen molar-refractivity contribution >= 4 is 12.4 Å². The fourth-order valence-corrected chi connectivity index (χ4v) is 7.17. The van der Waals surface area contributed by atoms with Gasteiger partial charge in [0.25, 0.3) is 0 Å². The third kappa shape index (κ3) is 30.3. The molecule has 0 aromatic heterocycles. The standard InChI is InChI=1S/C41H82N2.ClH/c1-4-6-8-10-12-14-15-16-17-18-19-20-21-23-27-31-35-41(34-30-26-22-13-11-9-7-5-2)36-32-28-24-25-29-33-37-43-39-38-42(3)40-43;/h38-39,41H,4-37,40H2,1-3H3;1H. The van der Waals surface area contributed by atoms with Gasteiger partial charge in [0, 0.05) is 26.0 Å². The van der Waals surface area contributed by atoms with Gasteiger partial charge in [-0.25, -0.2) is 0 Å². The molecular weight excluding hydrogens is 556 g/mol. The van der Waals surface area contributed by atoms with Crippen molar-refractivity contribution < 1.29 is 0 Å². The summed E-state index contributed by atoms with van der Waals surface area (Å²) in [5.41, 5.74) is 0. The molecule has 0 amide bonds. The fourth-order valence-electron chi connectivity index (χ4n) is 7.17. The van der Waals surface area contributed by atoms with E-state index in [4.69, 9.17) is 0 Å². The Morgan fingerprint density at radius 2 is 0.705 bits per heavy atom. The molecule has 1 aliphatic rings. The first kappa shape index (κ1) is 43.6. The number of halogens is 1. The highest BCUT2D eigenvalue weighted by atomic mass is 35.5. The van der Waals surface area contributed by atoms with Gasteiger partial charge >= 0.3 is 0 Å². The molecule has 1 rings (SSSR count). The van der Waals surface area contributed by atoms with Crippen LogP contribution in [0.25, 0.3) is 0 Å². The maximum atomic E-state index is 2.45. The van der Waals surface area contributed by atoms with E-state index in [2.05, 4.69) is 43.1 Å². The van der Waals surface area contributed by atoms with Crippen molar-refractivity contribution in [1.82, 2.24) is 9.80 Å². The first-order chi connectivity index (χ1) is 21.3. The zero-order chi connectivity index (χ0) is 30.9. The fraction of sp³-hybridized carbons (Fsp3) is 0.951. The zero-order valence-corrected chi connectivity index (χ0v) is 31.6. The average Bonchev–Trinajstić information content (AvgIpc) is 3.43. The van der Waals surface area contributed by atoms with Crippen molar-refractivity contribution in [3.05, 3.63) is 12.4 Å². The summed E-state index contributed by atoms with van der Waals surface area (Å²) >= 11 is 0. The van der Waals surface area contributed by atoms with E-state index in [0.717, 1.165) is 12.6 Å². The number of nitrogens with zero attached hydrogens (tertiary/aromatic N) is 2. The molecule has 3 heteroatoms. The first-order valence-electron chi connectivity index (χ1n) is 20.4.